The van der Waals surface area contributed by atoms with Crippen LogP contribution in [0.25, 0.3) is 0 Å². The average molecular weight is 289 g/mol. The van der Waals surface area contributed by atoms with Gasteiger partial charge in [0.2, 0.25) is 0 Å². The number of aryl methyl sites for hydroxylation is 1. The molecule has 16 heavy (non-hydrogen) atoms. The maximum absolute atomic E-state index is 9.95. The standard InChI is InChI=1S/C12H17BrO3/c1-8-7-9(16-2)3-4-10(8)12(15)11(14)5-6-13/h3-4,7,11-12,14-15H,5-6H2,1-2H3. The molecule has 0 bridgehead atoms. The largest absolute Gasteiger partial charge is 0.497 e. The fourth-order valence-corrected chi connectivity index (χ4v) is 2.05. The van der Waals surface area contributed by atoms with Crippen LogP contribution in [0, 0.1) is 6.92 Å². The van der Waals surface area contributed by atoms with Crippen molar-refractivity contribution in [1.29, 1.82) is 0 Å². The minimum Gasteiger partial charge on any atom is -0.497 e. The Morgan fingerprint density at radius 1 is 1.38 bits per heavy atom. The molecule has 0 saturated heterocycles. The fraction of sp³-hybridized carbons (Fsp3) is 0.500. The van der Waals surface area contributed by atoms with E-state index in [1.54, 1.807) is 19.2 Å². The summed E-state index contributed by atoms with van der Waals surface area (Å²) in [4.78, 5) is 0. The van der Waals surface area contributed by atoms with Crippen LogP contribution in [0.4, 0.5) is 0 Å². The average Bonchev–Trinajstić information content (AvgIpc) is 2.28. The van der Waals surface area contributed by atoms with Gasteiger partial charge in [0, 0.05) is 5.33 Å². The first-order chi connectivity index (χ1) is 7.60. The van der Waals surface area contributed by atoms with E-state index in [1.807, 2.05) is 13.0 Å². The molecule has 0 aliphatic carbocycles. The van der Waals surface area contributed by atoms with Crippen molar-refractivity contribution < 1.29 is 14.9 Å². The number of benzene rings is 1. The maximum Gasteiger partial charge on any atom is 0.119 e. The zero-order valence-electron chi connectivity index (χ0n) is 9.48. The molecule has 2 unspecified atom stereocenters. The molecule has 2 atom stereocenters. The molecule has 0 amide bonds. The topological polar surface area (TPSA) is 49.7 Å². The van der Waals surface area contributed by atoms with Gasteiger partial charge >= 0.3 is 0 Å². The van der Waals surface area contributed by atoms with E-state index < -0.39 is 12.2 Å². The summed E-state index contributed by atoms with van der Waals surface area (Å²) in [6, 6.07) is 5.42. The second-order valence-corrected chi connectivity index (χ2v) is 4.51. The summed E-state index contributed by atoms with van der Waals surface area (Å²) in [6.07, 6.45) is -1.07. The van der Waals surface area contributed by atoms with Crippen LogP contribution in [0.1, 0.15) is 23.7 Å². The van der Waals surface area contributed by atoms with E-state index in [1.165, 1.54) is 0 Å². The Hall–Kier alpha value is -0.580. The van der Waals surface area contributed by atoms with Crippen molar-refractivity contribution in [3.8, 4) is 5.75 Å². The number of halogens is 1. The SMILES string of the molecule is COc1ccc(C(O)C(O)CCBr)c(C)c1. The molecule has 4 heteroatoms. The lowest BCUT2D eigenvalue weighted by Crippen LogP contribution is -2.19. The fourth-order valence-electron chi connectivity index (χ4n) is 1.58. The highest BCUT2D eigenvalue weighted by Gasteiger charge is 2.19. The molecule has 0 aliphatic rings. The Labute approximate surface area is 104 Å². The lowest BCUT2D eigenvalue weighted by atomic mass is 9.98. The first-order valence-corrected chi connectivity index (χ1v) is 6.29. The van der Waals surface area contributed by atoms with Gasteiger partial charge in [-0.2, -0.15) is 0 Å². The van der Waals surface area contributed by atoms with E-state index in [2.05, 4.69) is 15.9 Å². The third kappa shape index (κ3) is 3.20. The molecule has 0 saturated carbocycles. The molecule has 0 aliphatic heterocycles. The summed E-state index contributed by atoms with van der Waals surface area (Å²) < 4.78 is 5.09. The van der Waals surface area contributed by atoms with Crippen molar-refractivity contribution in [3.05, 3.63) is 29.3 Å². The third-order valence-electron chi connectivity index (χ3n) is 2.56. The van der Waals surface area contributed by atoms with Gasteiger partial charge in [0.1, 0.15) is 11.9 Å². The number of aliphatic hydroxyl groups is 2. The van der Waals surface area contributed by atoms with Gasteiger partial charge < -0.3 is 14.9 Å². The van der Waals surface area contributed by atoms with Gasteiger partial charge in [-0.15, -0.1) is 0 Å². The van der Waals surface area contributed by atoms with Crippen LogP contribution >= 0.6 is 15.9 Å². The number of hydrogen-bond donors (Lipinski definition) is 2. The first-order valence-electron chi connectivity index (χ1n) is 5.16. The highest BCUT2D eigenvalue weighted by molar-refractivity contribution is 9.09. The monoisotopic (exact) mass is 288 g/mol. The van der Waals surface area contributed by atoms with Crippen molar-refractivity contribution in [1.82, 2.24) is 0 Å². The Morgan fingerprint density at radius 3 is 2.56 bits per heavy atom. The molecular formula is C12H17BrO3. The van der Waals surface area contributed by atoms with Crippen molar-refractivity contribution >= 4 is 15.9 Å². The molecule has 0 heterocycles. The number of alkyl halides is 1. The molecule has 0 spiro atoms. The van der Waals surface area contributed by atoms with E-state index in [0.29, 0.717) is 11.8 Å². The van der Waals surface area contributed by atoms with Crippen molar-refractivity contribution in [2.75, 3.05) is 12.4 Å². The van der Waals surface area contributed by atoms with Gasteiger partial charge in [-0.25, -0.2) is 0 Å². The highest BCUT2D eigenvalue weighted by atomic mass is 79.9. The molecule has 3 nitrogen and oxygen atoms in total. The summed E-state index contributed by atoms with van der Waals surface area (Å²) in [7, 11) is 1.60. The number of hydrogen-bond acceptors (Lipinski definition) is 3. The summed E-state index contributed by atoms with van der Waals surface area (Å²) in [5.74, 6) is 0.753. The lowest BCUT2D eigenvalue weighted by Gasteiger charge is -2.19. The minimum atomic E-state index is -0.844. The normalized spacial score (nSPS) is 14.6. The number of methoxy groups -OCH3 is 1. The first kappa shape index (κ1) is 13.5. The van der Waals surface area contributed by atoms with E-state index in [9.17, 15) is 10.2 Å². The number of aliphatic hydroxyl groups excluding tert-OH is 2. The molecule has 1 aromatic rings. The zero-order valence-corrected chi connectivity index (χ0v) is 11.1. The van der Waals surface area contributed by atoms with E-state index >= 15 is 0 Å². The van der Waals surface area contributed by atoms with Gasteiger partial charge in [-0.3, -0.25) is 0 Å². The smallest absolute Gasteiger partial charge is 0.119 e. The Kier molecular flexibility index (Phi) is 5.25. The molecule has 90 valence electrons. The zero-order chi connectivity index (χ0) is 12.1. The van der Waals surface area contributed by atoms with Crippen molar-refractivity contribution in [2.24, 2.45) is 0 Å². The molecule has 2 N–H and O–H groups in total. The van der Waals surface area contributed by atoms with Crippen LogP contribution in [0.3, 0.4) is 0 Å². The Morgan fingerprint density at radius 2 is 2.06 bits per heavy atom. The molecule has 0 aromatic heterocycles. The van der Waals surface area contributed by atoms with Crippen LogP contribution < -0.4 is 4.74 Å². The predicted molar refractivity (Wildman–Crippen MR) is 67.1 cm³/mol. The van der Waals surface area contributed by atoms with E-state index in [4.69, 9.17) is 4.74 Å². The Bertz CT molecular complexity index is 341. The van der Waals surface area contributed by atoms with Crippen LogP contribution in [0.5, 0.6) is 5.75 Å². The summed E-state index contributed by atoms with van der Waals surface area (Å²) in [5, 5.41) is 20.3. The van der Waals surface area contributed by atoms with Crippen molar-refractivity contribution in [2.45, 2.75) is 25.6 Å². The van der Waals surface area contributed by atoms with Gasteiger partial charge in [0.25, 0.3) is 0 Å². The van der Waals surface area contributed by atoms with Crippen LogP contribution in [-0.4, -0.2) is 28.8 Å². The van der Waals surface area contributed by atoms with Crippen molar-refractivity contribution in [3.63, 3.8) is 0 Å². The molecule has 0 fully saturated rings. The van der Waals surface area contributed by atoms with Gasteiger partial charge in [-0.1, -0.05) is 22.0 Å². The highest BCUT2D eigenvalue weighted by Crippen LogP contribution is 2.25. The quantitative estimate of drug-likeness (QED) is 0.817. The van der Waals surface area contributed by atoms with Crippen LogP contribution in [0.2, 0.25) is 0 Å². The molecule has 1 aromatic carbocycles. The third-order valence-corrected chi connectivity index (χ3v) is 3.02. The summed E-state index contributed by atoms with van der Waals surface area (Å²) in [6.45, 7) is 1.89. The summed E-state index contributed by atoms with van der Waals surface area (Å²) in [5.41, 5.74) is 1.66. The minimum absolute atomic E-state index is 0.520. The Balaban J connectivity index is 2.87. The van der Waals surface area contributed by atoms with Gasteiger partial charge in [0.05, 0.1) is 13.2 Å². The number of rotatable bonds is 5. The molecule has 0 radical (unpaired) electrons. The second-order valence-electron chi connectivity index (χ2n) is 3.71. The maximum atomic E-state index is 9.95. The van der Waals surface area contributed by atoms with Gasteiger partial charge in [-0.05, 0) is 36.6 Å². The summed E-state index contributed by atoms with van der Waals surface area (Å²) >= 11 is 3.24. The number of ether oxygens (including phenoxy) is 1. The predicted octanol–water partition coefficient (Wildman–Crippen LogP) is 2.18. The van der Waals surface area contributed by atoms with E-state index in [-0.39, 0.29) is 0 Å². The molecular weight excluding hydrogens is 272 g/mol. The second kappa shape index (κ2) is 6.23. The molecule has 1 rings (SSSR count). The van der Waals surface area contributed by atoms with Crippen LogP contribution in [-0.2, 0) is 0 Å². The van der Waals surface area contributed by atoms with E-state index in [0.717, 1.165) is 16.9 Å². The van der Waals surface area contributed by atoms with Gasteiger partial charge in [0.15, 0.2) is 0 Å². The van der Waals surface area contributed by atoms with Crippen LogP contribution in [0.15, 0.2) is 18.2 Å². The lowest BCUT2D eigenvalue weighted by molar-refractivity contribution is 0.0170.